The summed E-state index contributed by atoms with van der Waals surface area (Å²) in [6.45, 7) is 0. The summed E-state index contributed by atoms with van der Waals surface area (Å²) in [5.74, 6) is 0.256. The molecule has 1 fully saturated rings. The summed E-state index contributed by atoms with van der Waals surface area (Å²) >= 11 is 6.01. The summed E-state index contributed by atoms with van der Waals surface area (Å²) in [5.41, 5.74) is 7.65. The third-order valence-electron chi connectivity index (χ3n) is 3.97. The second kappa shape index (κ2) is 7.87. The maximum absolute atomic E-state index is 11.7. The van der Waals surface area contributed by atoms with Crippen LogP contribution >= 0.6 is 24.0 Å². The maximum atomic E-state index is 11.7. The van der Waals surface area contributed by atoms with Gasteiger partial charge in [-0.1, -0.05) is 18.0 Å². The summed E-state index contributed by atoms with van der Waals surface area (Å²) < 4.78 is 4.80. The van der Waals surface area contributed by atoms with Crippen LogP contribution in [0.3, 0.4) is 0 Å². The zero-order chi connectivity index (χ0) is 13.8. The molecule has 1 aliphatic rings. The van der Waals surface area contributed by atoms with Crippen LogP contribution in [0.15, 0.2) is 18.2 Å². The van der Waals surface area contributed by atoms with Crippen molar-refractivity contribution in [1.29, 1.82) is 0 Å². The zero-order valence-corrected chi connectivity index (χ0v) is 13.2. The lowest BCUT2D eigenvalue weighted by Crippen LogP contribution is -2.24. The van der Waals surface area contributed by atoms with Gasteiger partial charge < -0.3 is 10.5 Å². The Bertz CT molecular complexity index is 465. The largest absolute Gasteiger partial charge is 0.465 e. The Balaban J connectivity index is 0.00000200. The van der Waals surface area contributed by atoms with Crippen LogP contribution in [0, 0.1) is 5.92 Å². The molecule has 0 radical (unpaired) electrons. The first kappa shape index (κ1) is 17.3. The van der Waals surface area contributed by atoms with Gasteiger partial charge in [0, 0.05) is 11.1 Å². The molecule has 20 heavy (non-hydrogen) atoms. The van der Waals surface area contributed by atoms with Crippen LogP contribution < -0.4 is 5.73 Å². The van der Waals surface area contributed by atoms with E-state index in [2.05, 4.69) is 0 Å². The van der Waals surface area contributed by atoms with Gasteiger partial charge in [-0.2, -0.15) is 0 Å². The number of nitrogens with two attached hydrogens (primary N) is 1. The molecule has 2 N–H and O–H groups in total. The van der Waals surface area contributed by atoms with Crippen LogP contribution in [-0.4, -0.2) is 19.1 Å². The van der Waals surface area contributed by atoms with Gasteiger partial charge in [-0.15, -0.1) is 12.4 Å². The van der Waals surface area contributed by atoms with Crippen LogP contribution in [-0.2, 0) is 11.2 Å². The van der Waals surface area contributed by atoms with Gasteiger partial charge in [0.15, 0.2) is 0 Å². The van der Waals surface area contributed by atoms with Gasteiger partial charge in [0.25, 0.3) is 0 Å². The quantitative estimate of drug-likeness (QED) is 0.863. The van der Waals surface area contributed by atoms with Gasteiger partial charge in [0.1, 0.15) is 0 Å². The highest BCUT2D eigenvalue weighted by Crippen LogP contribution is 2.29. The fraction of sp³-hybridized carbons (Fsp3) is 0.533. The fourth-order valence-corrected chi connectivity index (χ4v) is 3.04. The third-order valence-corrected chi connectivity index (χ3v) is 4.21. The molecule has 0 saturated heterocycles. The fourth-order valence-electron chi connectivity index (χ4n) is 2.84. The lowest BCUT2D eigenvalue weighted by Gasteiger charge is -2.16. The molecule has 0 spiro atoms. The van der Waals surface area contributed by atoms with Gasteiger partial charge >= 0.3 is 5.97 Å². The number of aryl methyl sites for hydroxylation is 1. The van der Waals surface area contributed by atoms with Crippen molar-refractivity contribution in [3.8, 4) is 0 Å². The van der Waals surface area contributed by atoms with E-state index in [0.29, 0.717) is 22.5 Å². The minimum Gasteiger partial charge on any atom is -0.465 e. The molecule has 2 rings (SSSR count). The average molecular weight is 318 g/mol. The molecule has 5 heteroatoms. The predicted molar refractivity (Wildman–Crippen MR) is 83.7 cm³/mol. The number of methoxy groups -OCH3 is 1. The van der Waals surface area contributed by atoms with E-state index in [1.807, 2.05) is 6.07 Å². The van der Waals surface area contributed by atoms with Gasteiger partial charge in [0.2, 0.25) is 0 Å². The molecule has 2 atom stereocenters. The number of ether oxygens (including phenoxy) is 1. The second-order valence-electron chi connectivity index (χ2n) is 5.19. The molecular formula is C15H21Cl2NO2. The van der Waals surface area contributed by atoms with Crippen LogP contribution in [0.4, 0.5) is 0 Å². The Hall–Kier alpha value is -0.770. The summed E-state index contributed by atoms with van der Waals surface area (Å²) in [4.78, 5) is 11.7. The van der Waals surface area contributed by atoms with E-state index in [0.717, 1.165) is 24.8 Å². The number of carbonyl (C=O) groups is 1. The maximum Gasteiger partial charge on any atom is 0.338 e. The van der Waals surface area contributed by atoms with E-state index >= 15 is 0 Å². The van der Waals surface area contributed by atoms with Crippen molar-refractivity contribution in [3.05, 3.63) is 34.3 Å². The normalized spacial score (nSPS) is 21.4. The number of carbonyl (C=O) groups excluding carboxylic acids is 1. The topological polar surface area (TPSA) is 52.3 Å². The highest BCUT2D eigenvalue weighted by atomic mass is 35.5. The molecular weight excluding hydrogens is 297 g/mol. The molecule has 112 valence electrons. The van der Waals surface area contributed by atoms with E-state index in [-0.39, 0.29) is 18.4 Å². The van der Waals surface area contributed by atoms with Crippen molar-refractivity contribution in [2.24, 2.45) is 11.7 Å². The summed E-state index contributed by atoms with van der Waals surface area (Å²) in [6.07, 6.45) is 5.35. The van der Waals surface area contributed by atoms with Crippen LogP contribution in [0.1, 0.15) is 41.6 Å². The number of rotatable bonds is 4. The summed E-state index contributed by atoms with van der Waals surface area (Å²) in [5, 5.41) is 0.651. The minimum atomic E-state index is -0.303. The number of hydrogen-bond donors (Lipinski definition) is 1. The first-order chi connectivity index (χ1) is 9.11. The Kier molecular flexibility index (Phi) is 6.80. The molecule has 0 heterocycles. The lowest BCUT2D eigenvalue weighted by atomic mass is 9.93. The van der Waals surface area contributed by atoms with Gasteiger partial charge in [-0.3, -0.25) is 0 Å². The summed E-state index contributed by atoms with van der Waals surface area (Å²) in [7, 11) is 1.40. The number of halogens is 2. The highest BCUT2D eigenvalue weighted by molar-refractivity contribution is 6.30. The molecule has 1 saturated carbocycles. The average Bonchev–Trinajstić information content (AvgIpc) is 2.81. The molecule has 3 nitrogen and oxygen atoms in total. The third kappa shape index (κ3) is 4.11. The number of hydrogen-bond acceptors (Lipinski definition) is 3. The Morgan fingerprint density at radius 1 is 1.45 bits per heavy atom. The van der Waals surface area contributed by atoms with Crippen molar-refractivity contribution in [3.63, 3.8) is 0 Å². The minimum absolute atomic E-state index is 0. The molecule has 0 bridgehead atoms. The van der Waals surface area contributed by atoms with E-state index in [4.69, 9.17) is 22.1 Å². The van der Waals surface area contributed by atoms with E-state index in [9.17, 15) is 4.79 Å². The van der Waals surface area contributed by atoms with Crippen molar-refractivity contribution in [1.82, 2.24) is 0 Å². The van der Waals surface area contributed by atoms with E-state index in [1.54, 1.807) is 12.1 Å². The first-order valence-corrected chi connectivity index (χ1v) is 7.12. The van der Waals surface area contributed by atoms with Crippen molar-refractivity contribution < 1.29 is 9.53 Å². The van der Waals surface area contributed by atoms with E-state index in [1.165, 1.54) is 20.0 Å². The Labute approximate surface area is 131 Å². The van der Waals surface area contributed by atoms with Crippen molar-refractivity contribution >= 4 is 30.0 Å². The molecule has 1 aliphatic carbocycles. The molecule has 1 aromatic carbocycles. The molecule has 0 amide bonds. The van der Waals surface area contributed by atoms with Crippen LogP contribution in [0.2, 0.25) is 5.02 Å². The van der Waals surface area contributed by atoms with Crippen LogP contribution in [0.5, 0.6) is 0 Å². The highest BCUT2D eigenvalue weighted by Gasteiger charge is 2.24. The Morgan fingerprint density at radius 2 is 2.20 bits per heavy atom. The lowest BCUT2D eigenvalue weighted by molar-refractivity contribution is 0.0599. The van der Waals surface area contributed by atoms with Crippen LogP contribution in [0.25, 0.3) is 0 Å². The monoisotopic (exact) mass is 317 g/mol. The summed E-state index contributed by atoms with van der Waals surface area (Å²) in [6, 6.07) is 5.62. The van der Waals surface area contributed by atoms with Crippen molar-refractivity contribution in [2.45, 2.75) is 38.1 Å². The molecule has 1 aromatic rings. The number of esters is 1. The van der Waals surface area contributed by atoms with Gasteiger partial charge in [0.05, 0.1) is 12.7 Å². The standard InChI is InChI=1S/C15H20ClNO2.ClH/c1-19-15(18)13-8-7-12(16)9-11(13)6-5-10-3-2-4-14(10)17;/h7-10,14H,2-6,17H2,1H3;1H/t10-,14+;/m1./s1. The first-order valence-electron chi connectivity index (χ1n) is 6.74. The predicted octanol–water partition coefficient (Wildman–Crippen LogP) is 3.61. The molecule has 0 aromatic heterocycles. The van der Waals surface area contributed by atoms with Gasteiger partial charge in [-0.25, -0.2) is 4.79 Å². The SMILES string of the molecule is COC(=O)c1ccc(Cl)cc1CC[C@H]1CCC[C@@H]1N.Cl. The van der Waals surface area contributed by atoms with Gasteiger partial charge in [-0.05, 0) is 55.4 Å². The Morgan fingerprint density at radius 3 is 2.80 bits per heavy atom. The van der Waals surface area contributed by atoms with E-state index < -0.39 is 0 Å². The molecule has 0 aliphatic heterocycles. The second-order valence-corrected chi connectivity index (χ2v) is 5.62. The zero-order valence-electron chi connectivity index (χ0n) is 11.6. The van der Waals surface area contributed by atoms with Crippen molar-refractivity contribution in [2.75, 3.05) is 7.11 Å². The molecule has 0 unspecified atom stereocenters. The number of benzene rings is 1. The smallest absolute Gasteiger partial charge is 0.338 e.